The summed E-state index contributed by atoms with van der Waals surface area (Å²) >= 11 is 0. The number of aryl methyl sites for hydroxylation is 1. The minimum absolute atomic E-state index is 1.12. The van der Waals surface area contributed by atoms with Crippen LogP contribution in [0.2, 0.25) is 0 Å². The molecule has 0 saturated carbocycles. The van der Waals surface area contributed by atoms with E-state index in [9.17, 15) is 0 Å². The first-order chi connectivity index (χ1) is 9.30. The smallest absolute Gasteiger partial charge is 0.00132 e. The van der Waals surface area contributed by atoms with Crippen molar-refractivity contribution in [2.75, 3.05) is 0 Å². The third kappa shape index (κ3) is 1.82. The lowest BCUT2D eigenvalue weighted by molar-refractivity contribution is 0.977. The fourth-order valence-corrected chi connectivity index (χ4v) is 3.65. The normalized spacial score (nSPS) is 12.4. The Morgan fingerprint density at radius 1 is 0.842 bits per heavy atom. The van der Waals surface area contributed by atoms with Gasteiger partial charge in [0, 0.05) is 0 Å². The molecule has 0 amide bonds. The lowest BCUT2D eigenvalue weighted by Crippen LogP contribution is -2.01. The SMILES string of the molecule is CCc1cc2c(c(CC)c1CC)-c1ccccc1C2. The van der Waals surface area contributed by atoms with Crippen LogP contribution >= 0.6 is 0 Å². The van der Waals surface area contributed by atoms with Crippen LogP contribution in [0.3, 0.4) is 0 Å². The van der Waals surface area contributed by atoms with Crippen LogP contribution in [-0.4, -0.2) is 0 Å². The van der Waals surface area contributed by atoms with E-state index in [1.165, 1.54) is 11.1 Å². The van der Waals surface area contributed by atoms with Gasteiger partial charge in [0.1, 0.15) is 0 Å². The van der Waals surface area contributed by atoms with Gasteiger partial charge in [-0.1, -0.05) is 51.1 Å². The van der Waals surface area contributed by atoms with Crippen molar-refractivity contribution in [2.45, 2.75) is 46.5 Å². The Morgan fingerprint density at radius 3 is 2.26 bits per heavy atom. The molecule has 0 fully saturated rings. The fraction of sp³-hybridized carbons (Fsp3) is 0.368. The summed E-state index contributed by atoms with van der Waals surface area (Å²) in [5, 5.41) is 0. The van der Waals surface area contributed by atoms with E-state index in [1.807, 2.05) is 0 Å². The van der Waals surface area contributed by atoms with E-state index in [0.717, 1.165) is 25.7 Å². The van der Waals surface area contributed by atoms with Gasteiger partial charge in [-0.15, -0.1) is 0 Å². The predicted octanol–water partition coefficient (Wildman–Crippen LogP) is 4.95. The Hall–Kier alpha value is -1.56. The highest BCUT2D eigenvalue weighted by Gasteiger charge is 2.23. The summed E-state index contributed by atoms with van der Waals surface area (Å²) in [4.78, 5) is 0. The van der Waals surface area contributed by atoms with E-state index in [4.69, 9.17) is 0 Å². The molecule has 2 aromatic carbocycles. The predicted molar refractivity (Wildman–Crippen MR) is 82.8 cm³/mol. The summed E-state index contributed by atoms with van der Waals surface area (Å²) in [5.74, 6) is 0. The van der Waals surface area contributed by atoms with Crippen LogP contribution in [0.25, 0.3) is 11.1 Å². The van der Waals surface area contributed by atoms with Crippen LogP contribution in [0, 0.1) is 0 Å². The largest absolute Gasteiger partial charge is 0.0619 e. The van der Waals surface area contributed by atoms with Crippen LogP contribution in [0.5, 0.6) is 0 Å². The maximum atomic E-state index is 2.47. The molecule has 0 heterocycles. The third-order valence-corrected chi connectivity index (χ3v) is 4.48. The van der Waals surface area contributed by atoms with Crippen molar-refractivity contribution < 1.29 is 0 Å². The molecule has 0 nitrogen and oxygen atoms in total. The van der Waals surface area contributed by atoms with Crippen LogP contribution in [0.1, 0.15) is 48.6 Å². The highest BCUT2D eigenvalue weighted by molar-refractivity contribution is 5.81. The van der Waals surface area contributed by atoms with Crippen LogP contribution in [-0.2, 0) is 25.7 Å². The molecule has 0 saturated heterocycles. The molecular weight excluding hydrogens is 228 g/mol. The molecule has 0 aromatic heterocycles. The minimum Gasteiger partial charge on any atom is -0.0619 e. The van der Waals surface area contributed by atoms with Gasteiger partial charge in [-0.25, -0.2) is 0 Å². The van der Waals surface area contributed by atoms with E-state index in [1.54, 1.807) is 27.8 Å². The van der Waals surface area contributed by atoms with E-state index in [0.29, 0.717) is 0 Å². The molecule has 1 aliphatic rings. The zero-order chi connectivity index (χ0) is 13.4. The quantitative estimate of drug-likeness (QED) is 0.617. The molecule has 0 atom stereocenters. The maximum absolute atomic E-state index is 2.47. The van der Waals surface area contributed by atoms with Crippen molar-refractivity contribution in [3.8, 4) is 11.1 Å². The summed E-state index contributed by atoms with van der Waals surface area (Å²) in [5.41, 5.74) is 10.8. The van der Waals surface area contributed by atoms with Gasteiger partial charge in [0.15, 0.2) is 0 Å². The molecule has 19 heavy (non-hydrogen) atoms. The minimum atomic E-state index is 1.12. The van der Waals surface area contributed by atoms with Gasteiger partial charge in [0.25, 0.3) is 0 Å². The molecule has 0 spiro atoms. The first-order valence-corrected chi connectivity index (χ1v) is 7.54. The van der Waals surface area contributed by atoms with Crippen molar-refractivity contribution in [1.29, 1.82) is 0 Å². The molecule has 98 valence electrons. The maximum Gasteiger partial charge on any atom is -0.00132 e. The fourth-order valence-electron chi connectivity index (χ4n) is 3.65. The van der Waals surface area contributed by atoms with Gasteiger partial charge < -0.3 is 0 Å². The van der Waals surface area contributed by atoms with E-state index in [2.05, 4.69) is 51.1 Å². The molecule has 0 aliphatic heterocycles. The van der Waals surface area contributed by atoms with Crippen molar-refractivity contribution in [3.05, 3.63) is 58.1 Å². The van der Waals surface area contributed by atoms with Gasteiger partial charge in [0.05, 0.1) is 0 Å². The van der Waals surface area contributed by atoms with Gasteiger partial charge in [-0.2, -0.15) is 0 Å². The molecule has 0 bridgehead atoms. The Morgan fingerprint density at radius 2 is 1.58 bits per heavy atom. The van der Waals surface area contributed by atoms with Gasteiger partial charge in [0.2, 0.25) is 0 Å². The summed E-state index contributed by atoms with van der Waals surface area (Å²) < 4.78 is 0. The number of rotatable bonds is 3. The first-order valence-electron chi connectivity index (χ1n) is 7.54. The average molecular weight is 250 g/mol. The molecule has 2 aromatic rings. The molecule has 0 unspecified atom stereocenters. The van der Waals surface area contributed by atoms with Crippen molar-refractivity contribution in [2.24, 2.45) is 0 Å². The topological polar surface area (TPSA) is 0 Å². The van der Waals surface area contributed by atoms with E-state index < -0.39 is 0 Å². The molecule has 0 heteroatoms. The Labute approximate surface area is 116 Å². The first kappa shape index (κ1) is 12.5. The molecule has 3 rings (SSSR count). The second-order valence-electron chi connectivity index (χ2n) is 5.42. The van der Waals surface area contributed by atoms with E-state index >= 15 is 0 Å². The Bertz CT molecular complexity index is 620. The number of hydrogen-bond acceptors (Lipinski definition) is 0. The van der Waals surface area contributed by atoms with E-state index in [-0.39, 0.29) is 0 Å². The number of hydrogen-bond donors (Lipinski definition) is 0. The summed E-state index contributed by atoms with van der Waals surface area (Å²) in [6.45, 7) is 6.87. The number of fused-ring (bicyclic) bond motifs is 3. The standard InChI is InChI=1S/C19H22/c1-4-13-11-15-12-14-9-7-8-10-18(14)19(15)17(6-3)16(13)5-2/h7-11H,4-6,12H2,1-3H3. The van der Waals surface area contributed by atoms with Crippen LogP contribution in [0.15, 0.2) is 30.3 Å². The zero-order valence-electron chi connectivity index (χ0n) is 12.2. The summed E-state index contributed by atoms with van der Waals surface area (Å²) in [6, 6.07) is 11.4. The molecule has 0 radical (unpaired) electrons. The van der Waals surface area contributed by atoms with Crippen LogP contribution in [0.4, 0.5) is 0 Å². The Balaban J connectivity index is 2.31. The second kappa shape index (κ2) is 4.85. The van der Waals surface area contributed by atoms with Crippen molar-refractivity contribution >= 4 is 0 Å². The van der Waals surface area contributed by atoms with Gasteiger partial charge in [-0.3, -0.25) is 0 Å². The van der Waals surface area contributed by atoms with Gasteiger partial charge in [-0.05, 0) is 64.6 Å². The Kier molecular flexibility index (Phi) is 3.18. The lowest BCUT2D eigenvalue weighted by Gasteiger charge is -2.17. The van der Waals surface area contributed by atoms with Crippen LogP contribution < -0.4 is 0 Å². The average Bonchev–Trinajstić information content (AvgIpc) is 2.83. The summed E-state index contributed by atoms with van der Waals surface area (Å²) in [6.07, 6.45) is 4.57. The monoisotopic (exact) mass is 250 g/mol. The zero-order valence-corrected chi connectivity index (χ0v) is 12.2. The highest BCUT2D eigenvalue weighted by atomic mass is 14.3. The molecular formula is C19H22. The molecule has 1 aliphatic carbocycles. The molecule has 0 N–H and O–H groups in total. The third-order valence-electron chi connectivity index (χ3n) is 4.48. The van der Waals surface area contributed by atoms with Crippen molar-refractivity contribution in [3.63, 3.8) is 0 Å². The highest BCUT2D eigenvalue weighted by Crippen LogP contribution is 2.41. The number of benzene rings is 2. The van der Waals surface area contributed by atoms with Gasteiger partial charge >= 0.3 is 0 Å². The lowest BCUT2D eigenvalue weighted by atomic mass is 9.87. The summed E-state index contributed by atoms with van der Waals surface area (Å²) in [7, 11) is 0. The second-order valence-corrected chi connectivity index (χ2v) is 5.42. The van der Waals surface area contributed by atoms with Crippen molar-refractivity contribution in [1.82, 2.24) is 0 Å².